The normalized spacial score (nSPS) is 23.5. The summed E-state index contributed by atoms with van der Waals surface area (Å²) >= 11 is 0. The van der Waals surface area contributed by atoms with Crippen LogP contribution in [0.25, 0.3) is 0 Å². The molecule has 1 fully saturated rings. The Morgan fingerprint density at radius 1 is 1.29 bits per heavy atom. The molecule has 1 unspecified atom stereocenters. The average Bonchev–Trinajstić information content (AvgIpc) is 2.63. The molecule has 1 aromatic rings. The van der Waals surface area contributed by atoms with Gasteiger partial charge < -0.3 is 14.4 Å². The second-order valence-electron chi connectivity index (χ2n) is 5.19. The van der Waals surface area contributed by atoms with Gasteiger partial charge in [-0.25, -0.2) is 4.67 Å². The lowest BCUT2D eigenvalue weighted by Gasteiger charge is -2.29. The van der Waals surface area contributed by atoms with E-state index in [1.165, 1.54) is 0 Å². The minimum atomic E-state index is -2.82. The van der Waals surface area contributed by atoms with Crippen LogP contribution in [0.5, 0.6) is 5.75 Å². The number of aliphatic carboxylic acids is 1. The van der Waals surface area contributed by atoms with Gasteiger partial charge in [0, 0.05) is 18.0 Å². The number of carboxylic acid groups (broad SMARTS) is 1. The average molecular weight is 311 g/mol. The van der Waals surface area contributed by atoms with E-state index in [1.54, 1.807) is 4.67 Å². The van der Waals surface area contributed by atoms with Crippen molar-refractivity contribution < 1.29 is 19.2 Å². The van der Waals surface area contributed by atoms with Crippen molar-refractivity contribution in [1.82, 2.24) is 4.67 Å². The molecule has 1 aromatic carbocycles. The molecule has 1 aliphatic rings. The van der Waals surface area contributed by atoms with Gasteiger partial charge in [0.25, 0.3) is 0 Å². The molecule has 0 saturated carbocycles. The molecule has 0 amide bonds. The molecule has 0 bridgehead atoms. The molecule has 0 spiro atoms. The van der Waals surface area contributed by atoms with Gasteiger partial charge in [0.1, 0.15) is 12.3 Å². The zero-order valence-corrected chi connectivity index (χ0v) is 13.2. The zero-order valence-electron chi connectivity index (χ0n) is 12.3. The van der Waals surface area contributed by atoms with Gasteiger partial charge in [-0.3, -0.25) is 4.79 Å². The monoisotopic (exact) mass is 311 g/mol. The summed E-state index contributed by atoms with van der Waals surface area (Å²) in [4.78, 5) is 11.1. The standard InChI is InChI=1S/C15H22NO4P/c1-2-20-13-6-8-14(9-7-13)21(19)11-5-3-4-10-16(21)12-15(17)18/h6-9H,2-5,10-12H2,1H3,(H,17,18). The number of nitrogens with zero attached hydrogens (tertiary/aromatic N) is 1. The first-order valence-electron chi connectivity index (χ1n) is 7.36. The Labute approximate surface area is 125 Å². The van der Waals surface area contributed by atoms with E-state index < -0.39 is 13.3 Å². The Morgan fingerprint density at radius 3 is 2.62 bits per heavy atom. The maximum Gasteiger partial charge on any atom is 0.318 e. The van der Waals surface area contributed by atoms with Gasteiger partial charge in [-0.1, -0.05) is 6.42 Å². The fourth-order valence-corrected chi connectivity index (χ4v) is 5.63. The van der Waals surface area contributed by atoms with Crippen LogP contribution in [0.4, 0.5) is 0 Å². The van der Waals surface area contributed by atoms with Crippen LogP contribution in [0, 0.1) is 0 Å². The predicted octanol–water partition coefficient (Wildman–Crippen LogP) is 2.56. The fraction of sp³-hybridized carbons (Fsp3) is 0.533. The number of carboxylic acids is 1. The fourth-order valence-electron chi connectivity index (χ4n) is 2.68. The number of hydrogen-bond acceptors (Lipinski definition) is 3. The van der Waals surface area contributed by atoms with Crippen LogP contribution in [-0.2, 0) is 9.36 Å². The Kier molecular flexibility index (Phi) is 5.43. The molecule has 1 atom stereocenters. The van der Waals surface area contributed by atoms with Crippen LogP contribution in [-0.4, -0.2) is 41.6 Å². The molecular weight excluding hydrogens is 289 g/mol. The number of hydrogen-bond donors (Lipinski definition) is 1. The summed E-state index contributed by atoms with van der Waals surface area (Å²) in [5.74, 6) is -0.185. The van der Waals surface area contributed by atoms with Crippen LogP contribution in [0.1, 0.15) is 26.2 Å². The van der Waals surface area contributed by atoms with E-state index in [9.17, 15) is 9.36 Å². The quantitative estimate of drug-likeness (QED) is 0.847. The highest BCUT2D eigenvalue weighted by Gasteiger charge is 2.34. The van der Waals surface area contributed by atoms with Crippen LogP contribution in [0.3, 0.4) is 0 Å². The van der Waals surface area contributed by atoms with Gasteiger partial charge in [-0.15, -0.1) is 0 Å². The van der Waals surface area contributed by atoms with Gasteiger partial charge in [0.2, 0.25) is 0 Å². The molecule has 0 aliphatic carbocycles. The lowest BCUT2D eigenvalue weighted by molar-refractivity contribution is -0.137. The molecule has 6 heteroatoms. The van der Waals surface area contributed by atoms with Crippen LogP contribution < -0.4 is 10.0 Å². The summed E-state index contributed by atoms with van der Waals surface area (Å²) in [6.45, 7) is 2.92. The molecule has 2 rings (SSSR count). The van der Waals surface area contributed by atoms with E-state index >= 15 is 0 Å². The maximum absolute atomic E-state index is 13.4. The van der Waals surface area contributed by atoms with Crippen molar-refractivity contribution in [3.8, 4) is 5.75 Å². The minimum absolute atomic E-state index is 0.162. The highest BCUT2D eigenvalue weighted by Crippen LogP contribution is 2.51. The van der Waals surface area contributed by atoms with Crippen molar-refractivity contribution in [3.63, 3.8) is 0 Å². The van der Waals surface area contributed by atoms with Gasteiger partial charge in [-0.05, 0) is 44.0 Å². The number of rotatable bonds is 5. The minimum Gasteiger partial charge on any atom is -0.494 e. The molecule has 1 N–H and O–H groups in total. The summed E-state index contributed by atoms with van der Waals surface area (Å²) in [5.41, 5.74) is 0. The van der Waals surface area contributed by atoms with Crippen molar-refractivity contribution in [1.29, 1.82) is 0 Å². The predicted molar refractivity (Wildman–Crippen MR) is 82.8 cm³/mol. The SMILES string of the molecule is CCOc1ccc(P2(=O)CCCCCN2CC(=O)O)cc1. The molecule has 21 heavy (non-hydrogen) atoms. The second-order valence-corrected chi connectivity index (χ2v) is 8.13. The molecule has 1 saturated heterocycles. The molecule has 1 heterocycles. The van der Waals surface area contributed by atoms with Gasteiger partial charge in [0.15, 0.2) is 7.29 Å². The van der Waals surface area contributed by atoms with Crippen molar-refractivity contribution in [3.05, 3.63) is 24.3 Å². The lowest BCUT2D eigenvalue weighted by atomic mass is 10.2. The van der Waals surface area contributed by atoms with Gasteiger partial charge in [0.05, 0.1) is 6.61 Å². The topological polar surface area (TPSA) is 66.8 Å². The van der Waals surface area contributed by atoms with E-state index in [1.807, 2.05) is 31.2 Å². The van der Waals surface area contributed by atoms with E-state index in [2.05, 4.69) is 0 Å². The second kappa shape index (κ2) is 7.10. The van der Waals surface area contributed by atoms with Crippen LogP contribution in [0.2, 0.25) is 0 Å². The van der Waals surface area contributed by atoms with Crippen molar-refractivity contribution >= 4 is 18.6 Å². The molecule has 0 aromatic heterocycles. The third kappa shape index (κ3) is 3.86. The van der Waals surface area contributed by atoms with Crippen molar-refractivity contribution in [2.24, 2.45) is 0 Å². The van der Waals surface area contributed by atoms with Gasteiger partial charge >= 0.3 is 5.97 Å². The largest absolute Gasteiger partial charge is 0.494 e. The number of carbonyl (C=O) groups is 1. The molecule has 5 nitrogen and oxygen atoms in total. The van der Waals surface area contributed by atoms with Crippen LogP contribution >= 0.6 is 7.29 Å². The maximum atomic E-state index is 13.4. The summed E-state index contributed by atoms with van der Waals surface area (Å²) in [7, 11) is -2.82. The molecular formula is C15H22NO4P. The van der Waals surface area contributed by atoms with Crippen molar-refractivity contribution in [2.75, 3.05) is 25.9 Å². The Hall–Kier alpha value is -1.32. The Bertz CT molecular complexity index is 529. The Morgan fingerprint density at radius 2 is 2.00 bits per heavy atom. The summed E-state index contributed by atoms with van der Waals surface area (Å²) in [6, 6.07) is 7.24. The smallest absolute Gasteiger partial charge is 0.318 e. The zero-order chi connectivity index (χ0) is 15.3. The highest BCUT2D eigenvalue weighted by atomic mass is 31.2. The van der Waals surface area contributed by atoms with E-state index in [-0.39, 0.29) is 6.54 Å². The molecule has 0 radical (unpaired) electrons. The summed E-state index contributed by atoms with van der Waals surface area (Å²) < 4.78 is 20.5. The van der Waals surface area contributed by atoms with E-state index in [4.69, 9.17) is 9.84 Å². The first-order valence-corrected chi connectivity index (χ1v) is 9.20. The van der Waals surface area contributed by atoms with Crippen LogP contribution in [0.15, 0.2) is 24.3 Å². The highest BCUT2D eigenvalue weighted by molar-refractivity contribution is 7.69. The Balaban J connectivity index is 2.29. The van der Waals surface area contributed by atoms with Crippen molar-refractivity contribution in [2.45, 2.75) is 26.2 Å². The molecule has 1 aliphatic heterocycles. The summed E-state index contributed by atoms with van der Waals surface area (Å²) in [5, 5.41) is 9.80. The number of benzene rings is 1. The van der Waals surface area contributed by atoms with E-state index in [0.29, 0.717) is 19.3 Å². The third-order valence-corrected chi connectivity index (χ3v) is 6.99. The first kappa shape index (κ1) is 16.1. The van der Waals surface area contributed by atoms with E-state index in [0.717, 1.165) is 30.3 Å². The first-order chi connectivity index (χ1) is 10.1. The molecule has 116 valence electrons. The number of ether oxygens (including phenoxy) is 1. The third-order valence-electron chi connectivity index (χ3n) is 3.70. The summed E-state index contributed by atoms with van der Waals surface area (Å²) in [6.07, 6.45) is 3.32. The van der Waals surface area contributed by atoms with Gasteiger partial charge in [-0.2, -0.15) is 0 Å². The lowest BCUT2D eigenvalue weighted by Crippen LogP contribution is -2.32.